The molecule has 0 bridgehead atoms. The number of aliphatic hydroxyl groups excluding tert-OH is 1. The quantitative estimate of drug-likeness (QED) is 0.581. The third kappa shape index (κ3) is 1.61. The first-order valence-electron chi connectivity index (χ1n) is 3.11. The molecular formula is C7H3Cl2F3O. The molecule has 0 aliphatic carbocycles. The lowest BCUT2D eigenvalue weighted by Gasteiger charge is -2.06. The van der Waals surface area contributed by atoms with E-state index in [1.807, 2.05) is 0 Å². The topological polar surface area (TPSA) is 20.2 Å². The third-order valence-electron chi connectivity index (χ3n) is 1.46. The molecule has 0 saturated heterocycles. The van der Waals surface area contributed by atoms with Gasteiger partial charge in [0.15, 0.2) is 17.5 Å². The fourth-order valence-electron chi connectivity index (χ4n) is 0.789. The van der Waals surface area contributed by atoms with Crippen molar-refractivity contribution in [1.82, 2.24) is 0 Å². The van der Waals surface area contributed by atoms with E-state index in [4.69, 9.17) is 28.3 Å². The van der Waals surface area contributed by atoms with Crippen LogP contribution in [0.1, 0.15) is 5.56 Å². The summed E-state index contributed by atoms with van der Waals surface area (Å²) in [7, 11) is 0. The van der Waals surface area contributed by atoms with Gasteiger partial charge < -0.3 is 5.11 Å². The van der Waals surface area contributed by atoms with E-state index in [1.165, 1.54) is 0 Å². The number of aliphatic hydroxyl groups is 1. The van der Waals surface area contributed by atoms with Gasteiger partial charge in [-0.15, -0.1) is 0 Å². The van der Waals surface area contributed by atoms with Gasteiger partial charge in [-0.2, -0.15) is 0 Å². The van der Waals surface area contributed by atoms with Crippen molar-refractivity contribution in [3.63, 3.8) is 0 Å². The van der Waals surface area contributed by atoms with Gasteiger partial charge in [-0.25, -0.2) is 13.2 Å². The van der Waals surface area contributed by atoms with E-state index in [2.05, 4.69) is 0 Å². The fraction of sp³-hybridized carbons (Fsp3) is 0.143. The molecule has 0 unspecified atom stereocenters. The van der Waals surface area contributed by atoms with Crippen molar-refractivity contribution in [2.45, 2.75) is 6.61 Å². The Hall–Kier alpha value is -0.450. The minimum atomic E-state index is -1.74. The molecule has 0 atom stereocenters. The first-order chi connectivity index (χ1) is 6.00. The van der Waals surface area contributed by atoms with Crippen molar-refractivity contribution < 1.29 is 18.3 Å². The summed E-state index contributed by atoms with van der Waals surface area (Å²) in [5.41, 5.74) is -0.550. The average Bonchev–Trinajstić information content (AvgIpc) is 2.13. The second-order valence-corrected chi connectivity index (χ2v) is 2.96. The van der Waals surface area contributed by atoms with Crippen LogP contribution in [0, 0.1) is 17.5 Å². The standard InChI is InChI=1S/C7H3Cl2F3O/c8-3-2(1-13)5(10)7(12)6(11)4(3)9/h13H,1H2. The van der Waals surface area contributed by atoms with Crippen molar-refractivity contribution in [1.29, 1.82) is 0 Å². The molecule has 6 heteroatoms. The normalized spacial score (nSPS) is 10.6. The van der Waals surface area contributed by atoms with Gasteiger partial charge in [0.2, 0.25) is 0 Å². The van der Waals surface area contributed by atoms with E-state index in [1.54, 1.807) is 0 Å². The van der Waals surface area contributed by atoms with Gasteiger partial charge in [0.05, 0.1) is 16.7 Å². The van der Waals surface area contributed by atoms with Gasteiger partial charge in [-0.1, -0.05) is 23.2 Å². The number of benzene rings is 1. The van der Waals surface area contributed by atoms with Gasteiger partial charge in [0.25, 0.3) is 0 Å². The Bertz CT molecular complexity index is 325. The van der Waals surface area contributed by atoms with E-state index in [-0.39, 0.29) is 0 Å². The predicted octanol–water partition coefficient (Wildman–Crippen LogP) is 2.90. The third-order valence-corrected chi connectivity index (χ3v) is 2.33. The second-order valence-electron chi connectivity index (χ2n) is 2.21. The summed E-state index contributed by atoms with van der Waals surface area (Å²) in [4.78, 5) is 0. The smallest absolute Gasteiger partial charge is 0.196 e. The number of halogens is 5. The molecule has 1 aromatic carbocycles. The van der Waals surface area contributed by atoms with Crippen LogP contribution in [0.5, 0.6) is 0 Å². The van der Waals surface area contributed by atoms with Crippen LogP contribution in [0.25, 0.3) is 0 Å². The molecule has 1 N–H and O–H groups in total. The lowest BCUT2D eigenvalue weighted by atomic mass is 10.2. The Morgan fingerprint density at radius 1 is 0.923 bits per heavy atom. The molecule has 0 heterocycles. The van der Waals surface area contributed by atoms with Gasteiger partial charge in [-0.3, -0.25) is 0 Å². The summed E-state index contributed by atoms with van der Waals surface area (Å²) < 4.78 is 38.1. The molecule has 1 aromatic rings. The maximum Gasteiger partial charge on any atom is 0.196 e. The molecule has 0 spiro atoms. The SMILES string of the molecule is OCc1c(F)c(F)c(F)c(Cl)c1Cl. The molecule has 1 rings (SSSR count). The average molecular weight is 231 g/mol. The molecule has 0 aromatic heterocycles. The van der Waals surface area contributed by atoms with Crippen LogP contribution in [-0.2, 0) is 6.61 Å². The van der Waals surface area contributed by atoms with E-state index < -0.39 is 39.7 Å². The zero-order valence-electron chi connectivity index (χ0n) is 6.04. The number of rotatable bonds is 1. The maximum absolute atomic E-state index is 12.8. The van der Waals surface area contributed by atoms with Gasteiger partial charge in [-0.05, 0) is 0 Å². The number of hydrogen-bond acceptors (Lipinski definition) is 1. The number of hydrogen-bond donors (Lipinski definition) is 1. The highest BCUT2D eigenvalue weighted by atomic mass is 35.5. The fourth-order valence-corrected chi connectivity index (χ4v) is 1.21. The van der Waals surface area contributed by atoms with Crippen LogP contribution in [0.3, 0.4) is 0 Å². The maximum atomic E-state index is 12.8. The van der Waals surface area contributed by atoms with Crippen LogP contribution >= 0.6 is 23.2 Å². The summed E-state index contributed by atoms with van der Waals surface area (Å²) in [6.07, 6.45) is 0. The summed E-state index contributed by atoms with van der Waals surface area (Å²) in [5.74, 6) is -4.81. The predicted molar refractivity (Wildman–Crippen MR) is 42.3 cm³/mol. The first-order valence-corrected chi connectivity index (χ1v) is 3.87. The van der Waals surface area contributed by atoms with Crippen LogP contribution in [0.2, 0.25) is 10.0 Å². The molecule has 0 saturated carbocycles. The first kappa shape index (κ1) is 10.6. The summed E-state index contributed by atoms with van der Waals surface area (Å²) >= 11 is 10.6. The molecule has 72 valence electrons. The van der Waals surface area contributed by atoms with E-state index in [0.717, 1.165) is 0 Å². The second kappa shape index (κ2) is 3.74. The van der Waals surface area contributed by atoms with E-state index in [0.29, 0.717) is 0 Å². The van der Waals surface area contributed by atoms with Crippen LogP contribution in [-0.4, -0.2) is 5.11 Å². The Morgan fingerprint density at radius 3 is 1.92 bits per heavy atom. The van der Waals surface area contributed by atoms with Crippen LogP contribution in [0.15, 0.2) is 0 Å². The molecule has 0 amide bonds. The van der Waals surface area contributed by atoms with E-state index >= 15 is 0 Å². The largest absolute Gasteiger partial charge is 0.392 e. The lowest BCUT2D eigenvalue weighted by Crippen LogP contribution is -2.00. The van der Waals surface area contributed by atoms with Crippen molar-refractivity contribution in [2.75, 3.05) is 0 Å². The molecular weight excluding hydrogens is 228 g/mol. The Balaban J connectivity index is 3.56. The minimum absolute atomic E-state index is 0.513. The van der Waals surface area contributed by atoms with E-state index in [9.17, 15) is 13.2 Å². The Kier molecular flexibility index (Phi) is 3.05. The monoisotopic (exact) mass is 230 g/mol. The molecule has 13 heavy (non-hydrogen) atoms. The summed E-state index contributed by atoms with van der Waals surface area (Å²) in [5, 5.41) is 7.32. The van der Waals surface area contributed by atoms with Crippen molar-refractivity contribution in [3.05, 3.63) is 33.1 Å². The summed E-state index contributed by atoms with van der Waals surface area (Å²) in [6.45, 7) is -0.846. The molecule has 0 fully saturated rings. The molecule has 0 aliphatic rings. The lowest BCUT2D eigenvalue weighted by molar-refractivity contribution is 0.272. The minimum Gasteiger partial charge on any atom is -0.392 e. The van der Waals surface area contributed by atoms with Crippen molar-refractivity contribution in [3.8, 4) is 0 Å². The molecule has 1 nitrogen and oxygen atoms in total. The van der Waals surface area contributed by atoms with Crippen molar-refractivity contribution >= 4 is 23.2 Å². The highest BCUT2D eigenvalue weighted by Gasteiger charge is 2.22. The van der Waals surface area contributed by atoms with Gasteiger partial charge >= 0.3 is 0 Å². The zero-order chi connectivity index (χ0) is 10.2. The Labute approximate surface area is 81.7 Å². The molecule has 0 aliphatic heterocycles. The van der Waals surface area contributed by atoms with Gasteiger partial charge in [0, 0.05) is 5.56 Å². The molecule has 0 radical (unpaired) electrons. The highest BCUT2D eigenvalue weighted by Crippen LogP contribution is 2.32. The zero-order valence-corrected chi connectivity index (χ0v) is 7.56. The van der Waals surface area contributed by atoms with Gasteiger partial charge in [0.1, 0.15) is 0 Å². The summed E-state index contributed by atoms with van der Waals surface area (Å²) in [6, 6.07) is 0. The van der Waals surface area contributed by atoms with Crippen LogP contribution < -0.4 is 0 Å². The highest BCUT2D eigenvalue weighted by molar-refractivity contribution is 6.42. The van der Waals surface area contributed by atoms with Crippen molar-refractivity contribution in [2.24, 2.45) is 0 Å². The Morgan fingerprint density at radius 2 is 1.46 bits per heavy atom. The van der Waals surface area contributed by atoms with Crippen LogP contribution in [0.4, 0.5) is 13.2 Å².